The predicted octanol–water partition coefficient (Wildman–Crippen LogP) is 12.0. The molecule has 10 rings (SSSR count). The second-order valence-electron chi connectivity index (χ2n) is 12.2. The van der Waals surface area contributed by atoms with E-state index in [9.17, 15) is 0 Å². The number of hydrogen-bond acceptors (Lipinski definition) is 3. The van der Waals surface area contributed by atoms with Crippen molar-refractivity contribution in [3.8, 4) is 33.4 Å². The molecule has 2 heterocycles. The van der Waals surface area contributed by atoms with Gasteiger partial charge in [0.2, 0.25) is 0 Å². The lowest BCUT2D eigenvalue weighted by atomic mass is 9.93. The SMILES string of the molecule is c1cc(-c2cccc(-c3cccc4c3oc3cc5ccccc5cc34)c2)cc(-c2ccc3c4ccccc4c4nccnc4c3c2)c1. The lowest BCUT2D eigenvalue weighted by Gasteiger charge is -2.12. The maximum Gasteiger partial charge on any atom is 0.143 e. The van der Waals surface area contributed by atoms with Gasteiger partial charge in [0.1, 0.15) is 11.2 Å². The fourth-order valence-electron chi connectivity index (χ4n) is 7.27. The van der Waals surface area contributed by atoms with Crippen molar-refractivity contribution in [1.82, 2.24) is 9.97 Å². The zero-order chi connectivity index (χ0) is 30.9. The van der Waals surface area contributed by atoms with E-state index >= 15 is 0 Å². The molecule has 0 aliphatic rings. The summed E-state index contributed by atoms with van der Waals surface area (Å²) in [6, 6.07) is 52.0. The van der Waals surface area contributed by atoms with E-state index in [1.54, 1.807) is 12.4 Å². The third-order valence-corrected chi connectivity index (χ3v) is 9.51. The lowest BCUT2D eigenvalue weighted by Crippen LogP contribution is -1.89. The molecule has 0 saturated carbocycles. The average Bonchev–Trinajstić information content (AvgIpc) is 3.51. The molecule has 3 nitrogen and oxygen atoms in total. The first kappa shape index (κ1) is 26.0. The summed E-state index contributed by atoms with van der Waals surface area (Å²) < 4.78 is 6.55. The molecule has 0 saturated heterocycles. The molecule has 10 aromatic rings. The number of fused-ring (bicyclic) bond motifs is 10. The summed E-state index contributed by atoms with van der Waals surface area (Å²) in [6.45, 7) is 0. The van der Waals surface area contributed by atoms with E-state index in [-0.39, 0.29) is 0 Å². The molecule has 0 radical (unpaired) electrons. The highest BCUT2D eigenvalue weighted by molar-refractivity contribution is 6.23. The third kappa shape index (κ3) is 4.07. The maximum atomic E-state index is 6.55. The first-order chi connectivity index (χ1) is 23.3. The summed E-state index contributed by atoms with van der Waals surface area (Å²) in [7, 11) is 0. The van der Waals surface area contributed by atoms with Crippen LogP contribution in [0.3, 0.4) is 0 Å². The van der Waals surface area contributed by atoms with Crippen molar-refractivity contribution < 1.29 is 4.42 Å². The van der Waals surface area contributed by atoms with Crippen molar-refractivity contribution in [2.75, 3.05) is 0 Å². The topological polar surface area (TPSA) is 38.9 Å². The van der Waals surface area contributed by atoms with Gasteiger partial charge in [-0.25, -0.2) is 0 Å². The van der Waals surface area contributed by atoms with Crippen LogP contribution in [-0.4, -0.2) is 9.97 Å². The minimum Gasteiger partial charge on any atom is -0.455 e. The molecule has 0 aliphatic heterocycles. The summed E-state index contributed by atoms with van der Waals surface area (Å²) >= 11 is 0. The number of benzene rings is 8. The highest BCUT2D eigenvalue weighted by Gasteiger charge is 2.15. The summed E-state index contributed by atoms with van der Waals surface area (Å²) in [5, 5.41) is 9.31. The molecule has 47 heavy (non-hydrogen) atoms. The van der Waals surface area contributed by atoms with E-state index in [4.69, 9.17) is 14.4 Å². The van der Waals surface area contributed by atoms with Gasteiger partial charge in [0.05, 0.1) is 11.0 Å². The first-order valence-corrected chi connectivity index (χ1v) is 15.9. The zero-order valence-electron chi connectivity index (χ0n) is 25.3. The molecule has 0 N–H and O–H groups in total. The maximum absolute atomic E-state index is 6.55. The Labute approximate surface area is 270 Å². The van der Waals surface area contributed by atoms with Gasteiger partial charge in [0.15, 0.2) is 0 Å². The summed E-state index contributed by atoms with van der Waals surface area (Å²) in [5.74, 6) is 0. The molecule has 0 amide bonds. The van der Waals surface area contributed by atoms with Crippen LogP contribution in [0.25, 0.3) is 98.7 Å². The van der Waals surface area contributed by atoms with Gasteiger partial charge < -0.3 is 4.42 Å². The second kappa shape index (κ2) is 10.1. The molecule has 8 aromatic carbocycles. The molecule has 218 valence electrons. The van der Waals surface area contributed by atoms with Crippen molar-refractivity contribution in [3.63, 3.8) is 0 Å². The molecule has 0 atom stereocenters. The van der Waals surface area contributed by atoms with Gasteiger partial charge in [0.25, 0.3) is 0 Å². The number of rotatable bonds is 3. The summed E-state index contributed by atoms with van der Waals surface area (Å²) in [4.78, 5) is 9.50. The predicted molar refractivity (Wildman–Crippen MR) is 196 cm³/mol. The van der Waals surface area contributed by atoms with E-state index in [2.05, 4.69) is 146 Å². The summed E-state index contributed by atoms with van der Waals surface area (Å²) in [5.41, 5.74) is 10.6. The number of nitrogens with zero attached hydrogens (tertiary/aromatic N) is 2. The van der Waals surface area contributed by atoms with Crippen LogP contribution < -0.4 is 0 Å². The van der Waals surface area contributed by atoms with E-state index in [1.807, 2.05) is 0 Å². The molecule has 0 fully saturated rings. The minimum absolute atomic E-state index is 0.914. The Hall–Kier alpha value is -6.32. The standard InChI is InChI=1S/C44H26N2O/c1-2-9-31-26-41-39(24-30(31)8-1)38-17-7-16-34(44(38)47-41)33-13-6-12-29(23-33)27-10-5-11-28(22-27)32-18-19-36-35-14-3-4-15-37(35)42-43(40(36)25-32)46-21-20-45-42/h1-26H. The van der Waals surface area contributed by atoms with Gasteiger partial charge in [-0.05, 0) is 79.7 Å². The highest BCUT2D eigenvalue weighted by atomic mass is 16.3. The van der Waals surface area contributed by atoms with E-state index < -0.39 is 0 Å². The van der Waals surface area contributed by atoms with Crippen molar-refractivity contribution >= 4 is 65.3 Å². The normalized spacial score (nSPS) is 11.8. The smallest absolute Gasteiger partial charge is 0.143 e. The van der Waals surface area contributed by atoms with Gasteiger partial charge >= 0.3 is 0 Å². The second-order valence-corrected chi connectivity index (χ2v) is 12.2. The van der Waals surface area contributed by atoms with Gasteiger partial charge in [-0.3, -0.25) is 9.97 Å². The average molecular weight is 599 g/mol. The Bertz CT molecular complexity index is 2830. The molecular formula is C44H26N2O. The molecule has 0 spiro atoms. The van der Waals surface area contributed by atoms with Crippen LogP contribution >= 0.6 is 0 Å². The molecule has 0 bridgehead atoms. The van der Waals surface area contributed by atoms with E-state index in [1.165, 1.54) is 21.5 Å². The Morgan fingerprint density at radius 2 is 0.936 bits per heavy atom. The highest BCUT2D eigenvalue weighted by Crippen LogP contribution is 2.40. The quantitative estimate of drug-likeness (QED) is 0.190. The monoisotopic (exact) mass is 598 g/mol. The lowest BCUT2D eigenvalue weighted by molar-refractivity contribution is 0.670. The molecule has 2 aromatic heterocycles. The number of para-hydroxylation sites is 1. The number of aromatic nitrogens is 2. The Balaban J connectivity index is 1.08. The number of furan rings is 1. The van der Waals surface area contributed by atoms with Gasteiger partial charge in [-0.1, -0.05) is 115 Å². The third-order valence-electron chi connectivity index (χ3n) is 9.51. The van der Waals surface area contributed by atoms with Gasteiger partial charge in [-0.2, -0.15) is 0 Å². The summed E-state index contributed by atoms with van der Waals surface area (Å²) in [6.07, 6.45) is 3.56. The van der Waals surface area contributed by atoms with Gasteiger partial charge in [-0.15, -0.1) is 0 Å². The van der Waals surface area contributed by atoms with Crippen molar-refractivity contribution in [3.05, 3.63) is 158 Å². The van der Waals surface area contributed by atoms with Crippen molar-refractivity contribution in [2.45, 2.75) is 0 Å². The zero-order valence-corrected chi connectivity index (χ0v) is 25.3. The first-order valence-electron chi connectivity index (χ1n) is 15.9. The largest absolute Gasteiger partial charge is 0.455 e. The van der Waals surface area contributed by atoms with Crippen LogP contribution in [0, 0.1) is 0 Å². The molecular weight excluding hydrogens is 572 g/mol. The van der Waals surface area contributed by atoms with E-state index in [0.717, 1.165) is 77.1 Å². The Kier molecular flexibility index (Phi) is 5.57. The molecule has 3 heteroatoms. The fraction of sp³-hybridized carbons (Fsp3) is 0. The van der Waals surface area contributed by atoms with Crippen LogP contribution in [0.2, 0.25) is 0 Å². The Morgan fingerprint density at radius 1 is 0.362 bits per heavy atom. The van der Waals surface area contributed by atoms with Gasteiger partial charge in [0, 0.05) is 39.5 Å². The minimum atomic E-state index is 0.914. The van der Waals surface area contributed by atoms with E-state index in [0.29, 0.717) is 0 Å². The fourth-order valence-corrected chi connectivity index (χ4v) is 7.27. The molecule has 0 unspecified atom stereocenters. The van der Waals surface area contributed by atoms with Crippen LogP contribution in [0.1, 0.15) is 0 Å². The van der Waals surface area contributed by atoms with Crippen molar-refractivity contribution in [1.29, 1.82) is 0 Å². The van der Waals surface area contributed by atoms with Crippen LogP contribution in [-0.2, 0) is 0 Å². The van der Waals surface area contributed by atoms with Crippen LogP contribution in [0.15, 0.2) is 162 Å². The number of hydrogen-bond donors (Lipinski definition) is 0. The van der Waals surface area contributed by atoms with Crippen molar-refractivity contribution in [2.24, 2.45) is 0 Å². The molecule has 0 aliphatic carbocycles. The Morgan fingerprint density at radius 3 is 1.72 bits per heavy atom. The van der Waals surface area contributed by atoms with Crippen LogP contribution in [0.5, 0.6) is 0 Å². The van der Waals surface area contributed by atoms with Crippen LogP contribution in [0.4, 0.5) is 0 Å².